The first-order chi connectivity index (χ1) is 8.83. The number of hydrogen-bond acceptors (Lipinski definition) is 2. The molecule has 0 N–H and O–H groups in total. The monoisotopic (exact) mass is 240 g/mol. The number of rotatable bonds is 4. The van der Waals surface area contributed by atoms with Crippen LogP contribution in [-0.4, -0.2) is 12.6 Å². The molecule has 3 rings (SSSR count). The maximum atomic E-state index is 11.8. The second-order valence-corrected chi connectivity index (χ2v) is 4.94. The summed E-state index contributed by atoms with van der Waals surface area (Å²) in [6.45, 7) is 0.601. The number of ether oxygens (including phenoxy) is 1. The van der Waals surface area contributed by atoms with E-state index in [1.807, 2.05) is 24.3 Å². The van der Waals surface area contributed by atoms with E-state index < -0.39 is 0 Å². The first-order valence-corrected chi connectivity index (χ1v) is 6.45. The van der Waals surface area contributed by atoms with Crippen LogP contribution in [0.5, 0.6) is 0 Å². The van der Waals surface area contributed by atoms with Gasteiger partial charge >= 0.3 is 5.97 Å². The van der Waals surface area contributed by atoms with Crippen LogP contribution in [0.1, 0.15) is 18.4 Å². The molecule has 0 aliphatic heterocycles. The van der Waals surface area contributed by atoms with Crippen LogP contribution in [-0.2, 0) is 16.0 Å². The van der Waals surface area contributed by atoms with E-state index in [9.17, 15) is 4.79 Å². The summed E-state index contributed by atoms with van der Waals surface area (Å²) in [6, 6.07) is 14.2. The molecule has 92 valence electrons. The zero-order valence-electron chi connectivity index (χ0n) is 10.3. The Kier molecular flexibility index (Phi) is 3.01. The lowest BCUT2D eigenvalue weighted by Gasteiger charge is -2.07. The highest BCUT2D eigenvalue weighted by Crippen LogP contribution is 2.29. The van der Waals surface area contributed by atoms with Crippen LogP contribution in [0.2, 0.25) is 0 Å². The molecule has 0 aromatic heterocycles. The SMILES string of the molecule is O=C(Cc1cccc2ccccc12)OCC1CC1. The number of carbonyl (C=O) groups excluding carboxylic acids is 1. The minimum absolute atomic E-state index is 0.113. The van der Waals surface area contributed by atoms with Gasteiger partial charge in [0.25, 0.3) is 0 Å². The van der Waals surface area contributed by atoms with Crippen LogP contribution in [0.15, 0.2) is 42.5 Å². The molecule has 1 aliphatic rings. The zero-order chi connectivity index (χ0) is 12.4. The molecule has 2 heteroatoms. The van der Waals surface area contributed by atoms with E-state index in [1.165, 1.54) is 18.2 Å². The van der Waals surface area contributed by atoms with E-state index in [0.29, 0.717) is 18.9 Å². The normalized spacial score (nSPS) is 14.7. The molecule has 0 unspecified atom stereocenters. The van der Waals surface area contributed by atoms with Crippen molar-refractivity contribution in [2.45, 2.75) is 19.3 Å². The molecule has 0 amide bonds. The molecule has 2 nitrogen and oxygen atoms in total. The maximum absolute atomic E-state index is 11.8. The van der Waals surface area contributed by atoms with Gasteiger partial charge in [0, 0.05) is 0 Å². The van der Waals surface area contributed by atoms with Gasteiger partial charge in [0.2, 0.25) is 0 Å². The minimum Gasteiger partial charge on any atom is -0.465 e. The molecule has 0 heterocycles. The summed E-state index contributed by atoms with van der Waals surface area (Å²) in [7, 11) is 0. The third kappa shape index (κ3) is 2.53. The van der Waals surface area contributed by atoms with E-state index >= 15 is 0 Å². The molecule has 1 saturated carbocycles. The minimum atomic E-state index is -0.113. The van der Waals surface area contributed by atoms with Gasteiger partial charge in [-0.25, -0.2) is 0 Å². The highest BCUT2D eigenvalue weighted by atomic mass is 16.5. The number of hydrogen-bond donors (Lipinski definition) is 0. The number of fused-ring (bicyclic) bond motifs is 1. The molecular formula is C16H16O2. The van der Waals surface area contributed by atoms with Gasteiger partial charge in [-0.05, 0) is 35.1 Å². The molecule has 0 spiro atoms. The molecule has 0 atom stereocenters. The third-order valence-corrected chi connectivity index (χ3v) is 3.39. The second-order valence-electron chi connectivity index (χ2n) is 4.94. The Morgan fingerprint density at radius 2 is 1.89 bits per heavy atom. The second kappa shape index (κ2) is 4.81. The molecule has 0 saturated heterocycles. The number of carbonyl (C=O) groups is 1. The van der Waals surface area contributed by atoms with E-state index in [0.717, 1.165) is 10.9 Å². The Balaban J connectivity index is 1.74. The highest BCUT2D eigenvalue weighted by Gasteiger charge is 2.23. The van der Waals surface area contributed by atoms with Crippen molar-refractivity contribution in [2.75, 3.05) is 6.61 Å². The third-order valence-electron chi connectivity index (χ3n) is 3.39. The van der Waals surface area contributed by atoms with Gasteiger partial charge in [-0.2, -0.15) is 0 Å². The summed E-state index contributed by atoms with van der Waals surface area (Å²) in [5, 5.41) is 2.31. The van der Waals surface area contributed by atoms with E-state index in [2.05, 4.69) is 18.2 Å². The smallest absolute Gasteiger partial charge is 0.310 e. The van der Waals surface area contributed by atoms with Crippen molar-refractivity contribution in [3.05, 3.63) is 48.0 Å². The quantitative estimate of drug-likeness (QED) is 0.766. The molecule has 0 radical (unpaired) electrons. The summed E-state index contributed by atoms with van der Waals surface area (Å²) < 4.78 is 5.28. The Morgan fingerprint density at radius 1 is 1.11 bits per heavy atom. The van der Waals surface area contributed by atoms with Gasteiger partial charge in [0.15, 0.2) is 0 Å². The first-order valence-electron chi connectivity index (χ1n) is 6.45. The van der Waals surface area contributed by atoms with Crippen molar-refractivity contribution < 1.29 is 9.53 Å². The van der Waals surface area contributed by atoms with Gasteiger partial charge in [-0.3, -0.25) is 4.79 Å². The van der Waals surface area contributed by atoms with Crippen LogP contribution in [0, 0.1) is 5.92 Å². The van der Waals surface area contributed by atoms with Crippen LogP contribution in [0.25, 0.3) is 10.8 Å². The van der Waals surface area contributed by atoms with Gasteiger partial charge < -0.3 is 4.74 Å². The van der Waals surface area contributed by atoms with Crippen molar-refractivity contribution in [1.29, 1.82) is 0 Å². The van der Waals surface area contributed by atoms with Gasteiger partial charge in [-0.15, -0.1) is 0 Å². The van der Waals surface area contributed by atoms with E-state index in [-0.39, 0.29) is 5.97 Å². The number of esters is 1. The van der Waals surface area contributed by atoms with Crippen molar-refractivity contribution in [1.82, 2.24) is 0 Å². The fourth-order valence-electron chi connectivity index (χ4n) is 2.15. The lowest BCUT2D eigenvalue weighted by atomic mass is 10.0. The molecule has 0 bridgehead atoms. The average Bonchev–Trinajstić information content (AvgIpc) is 3.21. The fourth-order valence-corrected chi connectivity index (χ4v) is 2.15. The molecule has 1 aliphatic carbocycles. The van der Waals surface area contributed by atoms with Crippen molar-refractivity contribution >= 4 is 16.7 Å². The highest BCUT2D eigenvalue weighted by molar-refractivity contribution is 5.88. The summed E-state index contributed by atoms with van der Waals surface area (Å²) in [5.74, 6) is 0.514. The molecular weight excluding hydrogens is 224 g/mol. The van der Waals surface area contributed by atoms with Crippen LogP contribution in [0.4, 0.5) is 0 Å². The Hall–Kier alpha value is -1.83. The van der Waals surface area contributed by atoms with Crippen LogP contribution in [0.3, 0.4) is 0 Å². The van der Waals surface area contributed by atoms with E-state index in [4.69, 9.17) is 4.74 Å². The van der Waals surface area contributed by atoms with Crippen molar-refractivity contribution in [2.24, 2.45) is 5.92 Å². The molecule has 2 aromatic carbocycles. The number of benzene rings is 2. The fraction of sp³-hybridized carbons (Fsp3) is 0.312. The first kappa shape index (κ1) is 11.3. The summed E-state index contributed by atoms with van der Waals surface area (Å²) in [4.78, 5) is 11.8. The zero-order valence-corrected chi connectivity index (χ0v) is 10.3. The largest absolute Gasteiger partial charge is 0.465 e. The van der Waals surface area contributed by atoms with Crippen LogP contribution < -0.4 is 0 Å². The predicted molar refractivity (Wildman–Crippen MR) is 71.3 cm³/mol. The summed E-state index contributed by atoms with van der Waals surface area (Å²) in [6.07, 6.45) is 2.79. The molecule has 2 aromatic rings. The van der Waals surface area contributed by atoms with Gasteiger partial charge in [0.05, 0.1) is 13.0 Å². The Labute approximate surface area is 107 Å². The predicted octanol–water partition coefficient (Wildman–Crippen LogP) is 3.34. The Morgan fingerprint density at radius 3 is 2.72 bits per heavy atom. The van der Waals surface area contributed by atoms with Crippen molar-refractivity contribution in [3.63, 3.8) is 0 Å². The average molecular weight is 240 g/mol. The molecule has 1 fully saturated rings. The van der Waals surface area contributed by atoms with Crippen molar-refractivity contribution in [3.8, 4) is 0 Å². The maximum Gasteiger partial charge on any atom is 0.310 e. The van der Waals surface area contributed by atoms with E-state index in [1.54, 1.807) is 0 Å². The Bertz CT molecular complexity index is 565. The summed E-state index contributed by atoms with van der Waals surface area (Å²) in [5.41, 5.74) is 1.05. The molecule has 18 heavy (non-hydrogen) atoms. The summed E-state index contributed by atoms with van der Waals surface area (Å²) >= 11 is 0. The topological polar surface area (TPSA) is 26.3 Å². The van der Waals surface area contributed by atoms with Gasteiger partial charge in [0.1, 0.15) is 0 Å². The van der Waals surface area contributed by atoms with Gasteiger partial charge in [-0.1, -0.05) is 42.5 Å². The standard InChI is InChI=1S/C16H16O2/c17-16(18-11-12-8-9-12)10-14-6-3-5-13-4-1-2-7-15(13)14/h1-7,12H,8-11H2. The van der Waals surface area contributed by atoms with Crippen LogP contribution >= 0.6 is 0 Å². The lowest BCUT2D eigenvalue weighted by Crippen LogP contribution is -2.10. The lowest BCUT2D eigenvalue weighted by molar-refractivity contribution is -0.143.